The number of hydrogen-bond acceptors (Lipinski definition) is 15. The molecule has 0 aromatic carbocycles. The van der Waals surface area contributed by atoms with E-state index in [1.807, 2.05) is 0 Å². The molecule has 0 rings (SSSR count). The van der Waals surface area contributed by atoms with Gasteiger partial charge in [-0.05, 0) is 96.3 Å². The number of aliphatic hydroxyl groups is 1. The number of hydrogen-bond donors (Lipinski definition) is 3. The topological polar surface area (TPSA) is 237 Å². The van der Waals surface area contributed by atoms with E-state index in [2.05, 4.69) is 113 Å². The number of phosphoric ester groups is 2. The molecule has 0 saturated carbocycles. The Morgan fingerprint density at radius 3 is 0.800 bits per heavy atom. The van der Waals surface area contributed by atoms with Crippen molar-refractivity contribution in [3.63, 3.8) is 0 Å². The van der Waals surface area contributed by atoms with Crippen LogP contribution in [0.15, 0.2) is 85.1 Å². The Hall–Kier alpha value is -3.76. The third kappa shape index (κ3) is 72.6. The molecule has 0 bridgehead atoms. The largest absolute Gasteiger partial charge is 0.472 e. The molecule has 0 aliphatic carbocycles. The molecule has 5 unspecified atom stereocenters. The monoisotopic (exact) mass is 1450 g/mol. The van der Waals surface area contributed by atoms with Crippen LogP contribution in [-0.2, 0) is 65.4 Å². The van der Waals surface area contributed by atoms with Crippen LogP contribution in [0.5, 0.6) is 0 Å². The van der Waals surface area contributed by atoms with Crippen molar-refractivity contribution >= 4 is 39.5 Å². The van der Waals surface area contributed by atoms with Gasteiger partial charge >= 0.3 is 39.5 Å². The number of esters is 4. The van der Waals surface area contributed by atoms with Crippen molar-refractivity contribution in [3.8, 4) is 0 Å². The Kier molecular flexibility index (Phi) is 70.8. The fourth-order valence-corrected chi connectivity index (χ4v) is 12.5. The molecular weight excluding hydrogens is 1310 g/mol. The summed E-state index contributed by atoms with van der Waals surface area (Å²) in [6.07, 6.45) is 75.6. The van der Waals surface area contributed by atoms with Crippen molar-refractivity contribution in [1.82, 2.24) is 0 Å². The van der Waals surface area contributed by atoms with E-state index in [-0.39, 0.29) is 25.7 Å². The van der Waals surface area contributed by atoms with Crippen LogP contribution in [0, 0.1) is 0 Å². The molecule has 19 heteroatoms. The minimum absolute atomic E-state index is 0.0732. The van der Waals surface area contributed by atoms with E-state index in [1.54, 1.807) is 0 Å². The lowest BCUT2D eigenvalue weighted by Crippen LogP contribution is -2.30. The van der Waals surface area contributed by atoms with E-state index in [1.165, 1.54) is 109 Å². The van der Waals surface area contributed by atoms with Crippen molar-refractivity contribution in [2.75, 3.05) is 39.6 Å². The van der Waals surface area contributed by atoms with Crippen LogP contribution in [-0.4, -0.2) is 96.7 Å². The summed E-state index contributed by atoms with van der Waals surface area (Å²) < 4.78 is 68.6. The molecule has 0 amide bonds. The molecule has 0 aromatic heterocycles. The van der Waals surface area contributed by atoms with Crippen LogP contribution in [0.3, 0.4) is 0 Å². The lowest BCUT2D eigenvalue weighted by molar-refractivity contribution is -0.161. The number of allylic oxidation sites excluding steroid dienone is 14. The highest BCUT2D eigenvalue weighted by molar-refractivity contribution is 7.47. The molecule has 5 atom stereocenters. The second-order valence-corrected chi connectivity index (χ2v) is 29.5. The fourth-order valence-electron chi connectivity index (χ4n) is 10.9. The summed E-state index contributed by atoms with van der Waals surface area (Å²) in [4.78, 5) is 72.9. The first-order valence-corrected chi connectivity index (χ1v) is 42.8. The number of aliphatic hydroxyl groups excluding tert-OH is 1. The van der Waals surface area contributed by atoms with Crippen LogP contribution in [0.1, 0.15) is 349 Å². The SMILES string of the molecule is CC/C=C\C/C=C\C/C=C\C/C=C\CCCCCCCCC(=O)OCC(COP(=O)(O)OCC(O)COP(=O)(O)OCC(COC(=O)CCCCCCCCCCCCCCCCC)OC(=O)CCCCCCCCCCCCC)OC(=O)CCCCCCC/C=C\C/C=C\C/C=C\CC. The molecule has 3 N–H and O–H groups in total. The first-order chi connectivity index (χ1) is 48.7. The Labute approximate surface area is 608 Å². The molecule has 0 aromatic rings. The molecular formula is C81H144O17P2. The minimum Gasteiger partial charge on any atom is -0.462 e. The number of ether oxygens (including phenoxy) is 4. The van der Waals surface area contributed by atoms with Gasteiger partial charge in [0.15, 0.2) is 12.2 Å². The molecule has 17 nitrogen and oxygen atoms in total. The summed E-state index contributed by atoms with van der Waals surface area (Å²) in [5, 5.41) is 10.6. The van der Waals surface area contributed by atoms with E-state index in [0.29, 0.717) is 25.7 Å². The van der Waals surface area contributed by atoms with Gasteiger partial charge in [-0.1, -0.05) is 312 Å². The number of unbranched alkanes of at least 4 members (excludes halogenated alkanes) is 35. The highest BCUT2D eigenvalue weighted by Crippen LogP contribution is 2.45. The number of carbonyl (C=O) groups excluding carboxylic acids is 4. The normalized spacial score (nSPS) is 14.3. The molecule has 0 aliphatic rings. The molecule has 0 heterocycles. The van der Waals surface area contributed by atoms with E-state index in [0.717, 1.165) is 161 Å². The maximum absolute atomic E-state index is 13.1. The quantitative estimate of drug-likeness (QED) is 0.0169. The highest BCUT2D eigenvalue weighted by atomic mass is 31.2. The predicted octanol–water partition coefficient (Wildman–Crippen LogP) is 23.0. The second-order valence-electron chi connectivity index (χ2n) is 26.6. The lowest BCUT2D eigenvalue weighted by Gasteiger charge is -2.21. The molecule has 100 heavy (non-hydrogen) atoms. The Balaban J connectivity index is 5.31. The molecule has 0 aliphatic heterocycles. The first kappa shape index (κ1) is 96.2. The molecule has 0 fully saturated rings. The zero-order chi connectivity index (χ0) is 73.2. The van der Waals surface area contributed by atoms with Gasteiger partial charge in [-0.25, -0.2) is 9.13 Å². The first-order valence-electron chi connectivity index (χ1n) is 39.8. The maximum Gasteiger partial charge on any atom is 0.472 e. The fraction of sp³-hybridized carbons (Fsp3) is 0.778. The van der Waals surface area contributed by atoms with Crippen LogP contribution in [0.2, 0.25) is 0 Å². The van der Waals surface area contributed by atoms with Crippen molar-refractivity contribution in [3.05, 3.63) is 85.1 Å². The predicted molar refractivity (Wildman–Crippen MR) is 409 cm³/mol. The van der Waals surface area contributed by atoms with Gasteiger partial charge in [0.1, 0.15) is 19.3 Å². The lowest BCUT2D eigenvalue weighted by atomic mass is 10.0. The van der Waals surface area contributed by atoms with E-state index < -0.39 is 97.5 Å². The summed E-state index contributed by atoms with van der Waals surface area (Å²) in [6.45, 7) is 4.66. The van der Waals surface area contributed by atoms with Gasteiger partial charge in [0.25, 0.3) is 0 Å². The maximum atomic E-state index is 13.1. The number of carbonyl (C=O) groups is 4. The highest BCUT2D eigenvalue weighted by Gasteiger charge is 2.30. The van der Waals surface area contributed by atoms with Crippen molar-refractivity contribution in [2.24, 2.45) is 0 Å². The van der Waals surface area contributed by atoms with Crippen LogP contribution in [0.25, 0.3) is 0 Å². The Bertz CT molecular complexity index is 2230. The third-order valence-corrected chi connectivity index (χ3v) is 18.8. The summed E-state index contributed by atoms with van der Waals surface area (Å²) in [6, 6.07) is 0. The Morgan fingerprint density at radius 1 is 0.290 bits per heavy atom. The van der Waals surface area contributed by atoms with Crippen molar-refractivity contribution in [1.29, 1.82) is 0 Å². The van der Waals surface area contributed by atoms with Crippen LogP contribution in [0.4, 0.5) is 0 Å². The summed E-state index contributed by atoms with van der Waals surface area (Å²) in [5.74, 6) is -2.18. The summed E-state index contributed by atoms with van der Waals surface area (Å²) >= 11 is 0. The second kappa shape index (κ2) is 73.5. The average molecular weight is 1450 g/mol. The van der Waals surface area contributed by atoms with E-state index >= 15 is 0 Å². The smallest absolute Gasteiger partial charge is 0.462 e. The zero-order valence-electron chi connectivity index (χ0n) is 63.4. The molecule has 0 saturated heterocycles. The summed E-state index contributed by atoms with van der Waals surface area (Å²) in [7, 11) is -9.95. The average Bonchev–Trinajstić information content (AvgIpc) is 0.985. The van der Waals surface area contributed by atoms with Gasteiger partial charge in [-0.15, -0.1) is 0 Å². The molecule has 0 radical (unpaired) electrons. The van der Waals surface area contributed by atoms with Crippen LogP contribution >= 0.6 is 15.6 Å². The van der Waals surface area contributed by atoms with Crippen LogP contribution < -0.4 is 0 Å². The standard InChI is InChI=1S/C81H144O17P2/c1-5-9-13-17-21-25-29-32-35-36-37-38-41-43-47-50-54-58-62-66-79(84)92-72-77(98-81(86)68-64-60-56-52-48-44-40-34-31-27-23-19-15-11-7-3)74-96-100(89,90)94-70-75(82)69-93-99(87,88)95-73-76(97-80(85)67-63-59-55-51-45-28-24-20-16-12-8-4)71-91-78(83)65-61-57-53-49-46-42-39-33-30-26-22-18-14-10-6-2/h9,11,13,15,21,23,25,27,32,34-35,37-38,40,75-77,82H,5-8,10,12,14,16-20,22,24,26,28-31,33,36,39,41-74H2,1-4H3,(H,87,88)(H,89,90)/b13-9-,15-11-,25-21-,27-23-,35-32-,38-37-,40-34-. The number of phosphoric acid groups is 2. The number of rotatable bonds is 75. The van der Waals surface area contributed by atoms with Gasteiger partial charge in [0.05, 0.1) is 26.4 Å². The van der Waals surface area contributed by atoms with Gasteiger partial charge in [-0.3, -0.25) is 37.3 Å². The zero-order valence-corrected chi connectivity index (χ0v) is 65.2. The van der Waals surface area contributed by atoms with E-state index in [4.69, 9.17) is 37.0 Å². The van der Waals surface area contributed by atoms with Crippen molar-refractivity contribution in [2.45, 2.75) is 367 Å². The van der Waals surface area contributed by atoms with Gasteiger partial charge in [-0.2, -0.15) is 0 Å². The van der Waals surface area contributed by atoms with Gasteiger partial charge in [0.2, 0.25) is 0 Å². The van der Waals surface area contributed by atoms with Gasteiger partial charge < -0.3 is 33.8 Å². The molecule has 0 spiro atoms. The summed E-state index contributed by atoms with van der Waals surface area (Å²) in [5.41, 5.74) is 0. The van der Waals surface area contributed by atoms with E-state index in [9.17, 15) is 43.2 Å². The van der Waals surface area contributed by atoms with Gasteiger partial charge in [0, 0.05) is 25.7 Å². The Morgan fingerprint density at radius 2 is 0.520 bits per heavy atom. The molecule has 580 valence electrons. The third-order valence-electron chi connectivity index (χ3n) is 16.9. The van der Waals surface area contributed by atoms with Crippen molar-refractivity contribution < 1.29 is 80.2 Å². The minimum atomic E-state index is -4.98.